The number of fused-ring (bicyclic) bond motifs is 1. The topological polar surface area (TPSA) is 93.6 Å². The number of rotatable bonds is 6. The quantitative estimate of drug-likeness (QED) is 0.648. The fourth-order valence-electron chi connectivity index (χ4n) is 4.68. The number of benzene rings is 1. The summed E-state index contributed by atoms with van der Waals surface area (Å²) in [5.74, 6) is -0.421. The van der Waals surface area contributed by atoms with Crippen molar-refractivity contribution in [2.45, 2.75) is 63.9 Å². The van der Waals surface area contributed by atoms with E-state index in [1.54, 1.807) is 26.0 Å². The summed E-state index contributed by atoms with van der Waals surface area (Å²) in [6, 6.07) is 2.02. The number of hydrogen-bond acceptors (Lipinski definition) is 5. The molecule has 2 aromatic rings. The lowest BCUT2D eigenvalue weighted by molar-refractivity contribution is -0.119. The van der Waals surface area contributed by atoms with Crippen LogP contribution >= 0.6 is 0 Å². The van der Waals surface area contributed by atoms with Crippen molar-refractivity contribution in [2.24, 2.45) is 11.7 Å². The molecule has 10 heteroatoms. The second-order valence-electron chi connectivity index (χ2n) is 9.16. The number of carbonyl (C=O) groups is 1. The number of hydrogen-bond donors (Lipinski definition) is 2. The Morgan fingerprint density at radius 1 is 1.26 bits per heavy atom. The van der Waals surface area contributed by atoms with E-state index in [0.29, 0.717) is 16.8 Å². The number of nitrogens with two attached hydrogens (primary N) is 1. The first-order valence-electron chi connectivity index (χ1n) is 11.4. The zero-order valence-corrected chi connectivity index (χ0v) is 19.1. The minimum absolute atomic E-state index is 0.0986. The van der Waals surface area contributed by atoms with Gasteiger partial charge in [0.05, 0.1) is 23.3 Å². The van der Waals surface area contributed by atoms with Crippen LogP contribution in [0.2, 0.25) is 0 Å². The Kier molecular flexibility index (Phi) is 6.62. The summed E-state index contributed by atoms with van der Waals surface area (Å²) in [4.78, 5) is 13.0. The lowest BCUT2D eigenvalue weighted by Gasteiger charge is -2.35. The molecule has 0 radical (unpaired) electrons. The van der Waals surface area contributed by atoms with Crippen molar-refractivity contribution in [1.29, 1.82) is 0 Å². The first kappa shape index (κ1) is 24.1. The van der Waals surface area contributed by atoms with Crippen molar-refractivity contribution in [2.75, 3.05) is 11.5 Å². The predicted molar refractivity (Wildman–Crippen MR) is 122 cm³/mol. The maximum atomic E-state index is 14.0. The van der Waals surface area contributed by atoms with E-state index in [0.717, 1.165) is 36.7 Å². The molecule has 1 amide bonds. The van der Waals surface area contributed by atoms with Gasteiger partial charge in [-0.25, -0.2) is 0 Å². The number of carbonyl (C=O) groups excluding carboxylic acids is 1. The average Bonchev–Trinajstić information content (AvgIpc) is 3.20. The van der Waals surface area contributed by atoms with E-state index < -0.39 is 23.8 Å². The van der Waals surface area contributed by atoms with Gasteiger partial charge >= 0.3 is 6.18 Å². The summed E-state index contributed by atoms with van der Waals surface area (Å²) >= 11 is 0. The standard InChI is InChI=1S/C24H29F3N4O3/c1-14(2)34-21-11-18-16(12-30(29-18)17-8-6-15(13-32)7-9-17)10-20(21)31-19(23(28)33)4-3-5-22(31)24(25,26)27/h3-5,10-12,14-15,17,19,32H,6-9,13H2,1-2H3,(H2,28,33). The molecule has 2 heterocycles. The molecule has 7 nitrogen and oxygen atoms in total. The molecule has 1 aromatic carbocycles. The summed E-state index contributed by atoms with van der Waals surface area (Å²) in [6.45, 7) is 3.72. The molecule has 34 heavy (non-hydrogen) atoms. The van der Waals surface area contributed by atoms with Crippen LogP contribution < -0.4 is 15.4 Å². The fraction of sp³-hybridized carbons (Fsp3) is 0.500. The highest BCUT2D eigenvalue weighted by molar-refractivity contribution is 5.92. The molecule has 2 aliphatic rings. The number of primary amides is 1. The lowest BCUT2D eigenvalue weighted by Crippen LogP contribution is -2.47. The summed E-state index contributed by atoms with van der Waals surface area (Å²) in [7, 11) is 0. The molecule has 1 saturated carbocycles. The second-order valence-corrected chi connectivity index (χ2v) is 9.16. The van der Waals surface area contributed by atoms with Gasteiger partial charge < -0.3 is 20.5 Å². The Morgan fingerprint density at radius 3 is 2.56 bits per heavy atom. The van der Waals surface area contributed by atoms with E-state index in [9.17, 15) is 23.1 Å². The van der Waals surface area contributed by atoms with Crippen LogP contribution in [-0.4, -0.2) is 45.7 Å². The fourth-order valence-corrected chi connectivity index (χ4v) is 4.68. The van der Waals surface area contributed by atoms with Crippen molar-refractivity contribution in [3.63, 3.8) is 0 Å². The van der Waals surface area contributed by atoms with Gasteiger partial charge in [-0.15, -0.1) is 0 Å². The molecule has 1 unspecified atom stereocenters. The van der Waals surface area contributed by atoms with Crippen LogP contribution in [0.3, 0.4) is 0 Å². The Labute approximate surface area is 195 Å². The van der Waals surface area contributed by atoms with Crippen LogP contribution in [-0.2, 0) is 4.79 Å². The molecule has 1 aromatic heterocycles. The molecule has 1 aliphatic heterocycles. The Hall–Kier alpha value is -3.01. The minimum Gasteiger partial charge on any atom is -0.489 e. The number of halogens is 3. The van der Waals surface area contributed by atoms with Gasteiger partial charge in [0.1, 0.15) is 17.5 Å². The number of aromatic nitrogens is 2. The number of ether oxygens (including phenoxy) is 1. The van der Waals surface area contributed by atoms with Crippen molar-refractivity contribution in [1.82, 2.24) is 9.78 Å². The molecule has 0 spiro atoms. The number of anilines is 1. The molecular formula is C24H29F3N4O3. The SMILES string of the molecule is CC(C)Oc1cc2nn(C3CCC(CO)CC3)cc2cc1N1C(C(F)(F)F)=CC=CC1C(N)=O. The van der Waals surface area contributed by atoms with Crippen molar-refractivity contribution >= 4 is 22.5 Å². The normalized spacial score (nSPS) is 23.4. The predicted octanol–water partition coefficient (Wildman–Crippen LogP) is 4.22. The smallest absolute Gasteiger partial charge is 0.431 e. The van der Waals surface area contributed by atoms with Crippen LogP contribution in [0.5, 0.6) is 5.75 Å². The van der Waals surface area contributed by atoms with Gasteiger partial charge in [0.25, 0.3) is 0 Å². The number of amides is 1. The van der Waals surface area contributed by atoms with Crippen molar-refractivity contribution < 1.29 is 27.8 Å². The average molecular weight is 479 g/mol. The molecule has 3 N–H and O–H groups in total. The van der Waals surface area contributed by atoms with Gasteiger partial charge in [0, 0.05) is 24.3 Å². The van der Waals surface area contributed by atoms with E-state index in [2.05, 4.69) is 5.10 Å². The van der Waals surface area contributed by atoms with Gasteiger partial charge in [0.15, 0.2) is 0 Å². The first-order chi connectivity index (χ1) is 16.1. The molecule has 1 atom stereocenters. The zero-order chi connectivity index (χ0) is 24.6. The molecule has 1 fully saturated rings. The highest BCUT2D eigenvalue weighted by Crippen LogP contribution is 2.43. The van der Waals surface area contributed by atoms with Crippen LogP contribution in [0.25, 0.3) is 10.9 Å². The molecule has 1 aliphatic carbocycles. The zero-order valence-electron chi connectivity index (χ0n) is 19.1. The van der Waals surface area contributed by atoms with Gasteiger partial charge in [-0.1, -0.05) is 12.2 Å². The van der Waals surface area contributed by atoms with Crippen LogP contribution in [0.1, 0.15) is 45.6 Å². The third-order valence-electron chi connectivity index (χ3n) is 6.34. The molecule has 0 bridgehead atoms. The number of aliphatic hydroxyl groups excluding tert-OH is 1. The number of alkyl halides is 3. The summed E-state index contributed by atoms with van der Waals surface area (Å²) < 4.78 is 49.6. The van der Waals surface area contributed by atoms with Gasteiger partial charge in [-0.05, 0) is 57.6 Å². The third-order valence-corrected chi connectivity index (χ3v) is 6.34. The van der Waals surface area contributed by atoms with Crippen molar-refractivity contribution in [3.8, 4) is 5.75 Å². The summed E-state index contributed by atoms with van der Waals surface area (Å²) in [6.07, 6.45) is 3.75. The third kappa shape index (κ3) is 4.77. The highest BCUT2D eigenvalue weighted by atomic mass is 19.4. The maximum Gasteiger partial charge on any atom is 0.431 e. The van der Waals surface area contributed by atoms with Crippen LogP contribution in [0.4, 0.5) is 18.9 Å². The van der Waals surface area contributed by atoms with E-state index in [4.69, 9.17) is 10.5 Å². The number of nitrogens with zero attached hydrogens (tertiary/aromatic N) is 3. The van der Waals surface area contributed by atoms with Gasteiger partial charge in [-0.2, -0.15) is 18.3 Å². The monoisotopic (exact) mass is 478 g/mol. The maximum absolute atomic E-state index is 14.0. The Bertz CT molecular complexity index is 1110. The van der Waals surface area contributed by atoms with Crippen molar-refractivity contribution in [3.05, 3.63) is 42.3 Å². The van der Waals surface area contributed by atoms with E-state index >= 15 is 0 Å². The summed E-state index contributed by atoms with van der Waals surface area (Å²) in [5, 5.41) is 14.7. The molecular weight excluding hydrogens is 449 g/mol. The molecule has 184 valence electrons. The van der Waals surface area contributed by atoms with Gasteiger partial charge in [0.2, 0.25) is 5.91 Å². The van der Waals surface area contributed by atoms with E-state index in [1.165, 1.54) is 12.2 Å². The van der Waals surface area contributed by atoms with Crippen LogP contribution in [0, 0.1) is 5.92 Å². The number of aliphatic hydroxyl groups is 1. The largest absolute Gasteiger partial charge is 0.489 e. The number of allylic oxidation sites excluding steroid dienone is 3. The highest BCUT2D eigenvalue weighted by Gasteiger charge is 2.43. The summed E-state index contributed by atoms with van der Waals surface area (Å²) in [5.41, 5.74) is 5.17. The van der Waals surface area contributed by atoms with Crippen LogP contribution in [0.15, 0.2) is 42.3 Å². The molecule has 0 saturated heterocycles. The van der Waals surface area contributed by atoms with Gasteiger partial charge in [-0.3, -0.25) is 9.48 Å². The van der Waals surface area contributed by atoms with E-state index in [1.807, 2.05) is 10.9 Å². The first-order valence-corrected chi connectivity index (χ1v) is 11.4. The minimum atomic E-state index is -4.71. The Morgan fingerprint density at radius 2 is 1.97 bits per heavy atom. The second kappa shape index (κ2) is 9.32. The molecule has 4 rings (SSSR count). The van der Waals surface area contributed by atoms with E-state index in [-0.39, 0.29) is 30.2 Å². The lowest BCUT2D eigenvalue weighted by atomic mass is 9.87. The Balaban J connectivity index is 1.80.